The number of unbranched alkanes of at least 4 members (excludes halogenated alkanes) is 2. The molecule has 2 N–H and O–H groups in total. The van der Waals surface area contributed by atoms with Crippen LogP contribution in [0.25, 0.3) is 11.0 Å². The fraction of sp³-hybridized carbons (Fsp3) is 0.556. The maximum Gasteiger partial charge on any atom is 0.134 e. The molecular weight excluding hydrogens is 260 g/mol. The second kappa shape index (κ2) is 7.62. The Kier molecular flexibility index (Phi) is 5.83. The van der Waals surface area contributed by atoms with Crippen LogP contribution < -0.4 is 5.73 Å². The van der Waals surface area contributed by atoms with Gasteiger partial charge in [-0.2, -0.15) is 0 Å². The summed E-state index contributed by atoms with van der Waals surface area (Å²) in [5, 5.41) is 1.13. The van der Waals surface area contributed by atoms with E-state index in [1.54, 1.807) is 0 Å². The largest absolute Gasteiger partial charge is 0.459 e. The van der Waals surface area contributed by atoms with Crippen LogP contribution in [-0.4, -0.2) is 24.0 Å². The lowest BCUT2D eigenvalue weighted by Gasteiger charge is -2.28. The van der Waals surface area contributed by atoms with Crippen LogP contribution in [0.1, 0.15) is 51.8 Å². The van der Waals surface area contributed by atoms with Gasteiger partial charge in [0.15, 0.2) is 0 Å². The lowest BCUT2D eigenvalue weighted by atomic mass is 10.1. The van der Waals surface area contributed by atoms with Gasteiger partial charge >= 0.3 is 0 Å². The highest BCUT2D eigenvalue weighted by Gasteiger charge is 2.17. The van der Waals surface area contributed by atoms with Crippen LogP contribution in [0.4, 0.5) is 0 Å². The standard InChI is InChI=1S/C18H28N2O/c1-4-5-8-11-20(14(2)3)13-16(19)18-12-15-9-6-7-10-17(15)21-18/h6-7,9-10,12,14,16H,4-5,8,11,13,19H2,1-3H3. The van der Waals surface area contributed by atoms with Gasteiger partial charge in [-0.1, -0.05) is 38.0 Å². The second-order valence-electron chi connectivity index (χ2n) is 6.09. The molecule has 1 atom stereocenters. The van der Waals surface area contributed by atoms with Gasteiger partial charge in [-0.05, 0) is 38.9 Å². The molecular formula is C18H28N2O. The van der Waals surface area contributed by atoms with E-state index < -0.39 is 0 Å². The molecule has 0 fully saturated rings. The van der Waals surface area contributed by atoms with Crippen LogP contribution >= 0.6 is 0 Å². The molecule has 0 saturated heterocycles. The first-order valence-corrected chi connectivity index (χ1v) is 8.10. The highest BCUT2D eigenvalue weighted by atomic mass is 16.3. The smallest absolute Gasteiger partial charge is 0.134 e. The van der Waals surface area contributed by atoms with Crippen molar-refractivity contribution < 1.29 is 4.42 Å². The van der Waals surface area contributed by atoms with Gasteiger partial charge < -0.3 is 10.2 Å². The van der Waals surface area contributed by atoms with Gasteiger partial charge in [0, 0.05) is 18.0 Å². The number of furan rings is 1. The van der Waals surface area contributed by atoms with Crippen LogP contribution in [0.2, 0.25) is 0 Å². The molecule has 2 rings (SSSR count). The molecule has 1 unspecified atom stereocenters. The van der Waals surface area contributed by atoms with Gasteiger partial charge in [0.05, 0.1) is 6.04 Å². The Balaban J connectivity index is 2.01. The van der Waals surface area contributed by atoms with E-state index in [9.17, 15) is 0 Å². The van der Waals surface area contributed by atoms with E-state index in [-0.39, 0.29) is 6.04 Å². The number of nitrogens with zero attached hydrogens (tertiary/aromatic N) is 1. The van der Waals surface area contributed by atoms with Crippen molar-refractivity contribution in [2.75, 3.05) is 13.1 Å². The molecule has 2 aromatic rings. The minimum atomic E-state index is -0.0681. The summed E-state index contributed by atoms with van der Waals surface area (Å²) in [5.41, 5.74) is 7.29. The average Bonchev–Trinajstić information content (AvgIpc) is 2.90. The van der Waals surface area contributed by atoms with Gasteiger partial charge in [0.25, 0.3) is 0 Å². The van der Waals surface area contributed by atoms with E-state index in [1.807, 2.05) is 18.2 Å². The van der Waals surface area contributed by atoms with Gasteiger partial charge in [-0.3, -0.25) is 4.90 Å². The number of rotatable bonds is 8. The van der Waals surface area contributed by atoms with Gasteiger partial charge in [0.2, 0.25) is 0 Å². The molecule has 21 heavy (non-hydrogen) atoms. The van der Waals surface area contributed by atoms with E-state index in [0.29, 0.717) is 6.04 Å². The summed E-state index contributed by atoms with van der Waals surface area (Å²) >= 11 is 0. The van der Waals surface area contributed by atoms with E-state index in [1.165, 1.54) is 19.3 Å². The number of nitrogens with two attached hydrogens (primary N) is 1. The third-order valence-electron chi connectivity index (χ3n) is 4.02. The first-order valence-electron chi connectivity index (χ1n) is 8.10. The molecule has 1 aromatic heterocycles. The molecule has 0 aliphatic carbocycles. The fourth-order valence-electron chi connectivity index (χ4n) is 2.65. The predicted octanol–water partition coefficient (Wildman–Crippen LogP) is 4.33. The van der Waals surface area contributed by atoms with Crippen molar-refractivity contribution in [3.8, 4) is 0 Å². The van der Waals surface area contributed by atoms with E-state index in [4.69, 9.17) is 10.2 Å². The first-order chi connectivity index (χ1) is 10.1. The Morgan fingerprint density at radius 1 is 1.19 bits per heavy atom. The molecule has 3 heteroatoms. The van der Waals surface area contributed by atoms with Gasteiger partial charge in [-0.25, -0.2) is 0 Å². The van der Waals surface area contributed by atoms with Crippen LogP contribution in [0.15, 0.2) is 34.7 Å². The number of benzene rings is 1. The number of hydrogen-bond donors (Lipinski definition) is 1. The molecule has 1 heterocycles. The molecule has 116 valence electrons. The van der Waals surface area contributed by atoms with Gasteiger partial charge in [0.1, 0.15) is 11.3 Å². The summed E-state index contributed by atoms with van der Waals surface area (Å²) in [6.45, 7) is 8.66. The molecule has 3 nitrogen and oxygen atoms in total. The Hall–Kier alpha value is -1.32. The third-order valence-corrected chi connectivity index (χ3v) is 4.02. The third kappa shape index (κ3) is 4.32. The Morgan fingerprint density at radius 3 is 2.62 bits per heavy atom. The summed E-state index contributed by atoms with van der Waals surface area (Å²) in [6, 6.07) is 10.6. The van der Waals surface area contributed by atoms with Crippen LogP contribution in [0.5, 0.6) is 0 Å². The predicted molar refractivity (Wildman–Crippen MR) is 89.4 cm³/mol. The van der Waals surface area contributed by atoms with E-state index >= 15 is 0 Å². The molecule has 0 radical (unpaired) electrons. The highest BCUT2D eigenvalue weighted by molar-refractivity contribution is 5.77. The topological polar surface area (TPSA) is 42.4 Å². The molecule has 0 bridgehead atoms. The Bertz CT molecular complexity index is 514. The van der Waals surface area contributed by atoms with E-state index in [0.717, 1.165) is 29.8 Å². The number of para-hydroxylation sites is 1. The number of fused-ring (bicyclic) bond motifs is 1. The Morgan fingerprint density at radius 2 is 1.95 bits per heavy atom. The first kappa shape index (κ1) is 16.1. The zero-order valence-electron chi connectivity index (χ0n) is 13.5. The number of hydrogen-bond acceptors (Lipinski definition) is 3. The average molecular weight is 288 g/mol. The summed E-state index contributed by atoms with van der Waals surface area (Å²) in [4.78, 5) is 2.45. The van der Waals surface area contributed by atoms with Crippen molar-refractivity contribution in [1.29, 1.82) is 0 Å². The minimum Gasteiger partial charge on any atom is -0.459 e. The lowest BCUT2D eigenvalue weighted by Crippen LogP contribution is -2.37. The summed E-state index contributed by atoms with van der Waals surface area (Å²) in [7, 11) is 0. The molecule has 0 aliphatic heterocycles. The highest BCUT2D eigenvalue weighted by Crippen LogP contribution is 2.23. The van der Waals surface area contributed by atoms with Crippen molar-refractivity contribution in [3.63, 3.8) is 0 Å². The molecule has 0 aliphatic rings. The SMILES string of the molecule is CCCCCN(CC(N)c1cc2ccccc2o1)C(C)C. The summed E-state index contributed by atoms with van der Waals surface area (Å²) in [6.07, 6.45) is 3.77. The summed E-state index contributed by atoms with van der Waals surface area (Å²) < 4.78 is 5.88. The zero-order chi connectivity index (χ0) is 15.2. The minimum absolute atomic E-state index is 0.0681. The fourth-order valence-corrected chi connectivity index (χ4v) is 2.65. The van der Waals surface area contributed by atoms with Crippen LogP contribution in [-0.2, 0) is 0 Å². The van der Waals surface area contributed by atoms with E-state index in [2.05, 4.69) is 37.8 Å². The zero-order valence-corrected chi connectivity index (χ0v) is 13.5. The van der Waals surface area contributed by atoms with Crippen molar-refractivity contribution in [1.82, 2.24) is 4.90 Å². The van der Waals surface area contributed by atoms with Gasteiger partial charge in [-0.15, -0.1) is 0 Å². The second-order valence-corrected chi connectivity index (χ2v) is 6.09. The molecule has 0 saturated carbocycles. The van der Waals surface area contributed by atoms with Crippen LogP contribution in [0.3, 0.4) is 0 Å². The lowest BCUT2D eigenvalue weighted by molar-refractivity contribution is 0.198. The monoisotopic (exact) mass is 288 g/mol. The van der Waals surface area contributed by atoms with Crippen molar-refractivity contribution in [2.45, 2.75) is 52.1 Å². The van der Waals surface area contributed by atoms with Crippen molar-refractivity contribution in [2.24, 2.45) is 5.73 Å². The quantitative estimate of drug-likeness (QED) is 0.735. The summed E-state index contributed by atoms with van der Waals surface area (Å²) in [5.74, 6) is 0.886. The van der Waals surface area contributed by atoms with Crippen LogP contribution in [0, 0.1) is 0 Å². The molecule has 0 amide bonds. The Labute approximate surface area is 128 Å². The normalized spacial score (nSPS) is 13.4. The maximum atomic E-state index is 6.37. The molecule has 1 aromatic carbocycles. The van der Waals surface area contributed by atoms with Crippen molar-refractivity contribution >= 4 is 11.0 Å². The van der Waals surface area contributed by atoms with Crippen molar-refractivity contribution in [3.05, 3.63) is 36.1 Å². The molecule has 0 spiro atoms. The maximum absolute atomic E-state index is 6.37.